The number of nitrogens with two attached hydrogens (primary N) is 1. The van der Waals surface area contributed by atoms with Crippen LogP contribution in [0, 0.1) is 0 Å². The first-order valence-electron chi connectivity index (χ1n) is 6.31. The van der Waals surface area contributed by atoms with E-state index in [1.807, 2.05) is 13.8 Å². The zero-order valence-corrected chi connectivity index (χ0v) is 12.4. The number of carbonyl (C=O) groups excluding carboxylic acids is 2. The molecule has 0 aromatic carbocycles. The van der Waals surface area contributed by atoms with Gasteiger partial charge in [0.1, 0.15) is 0 Å². The first-order valence-corrected chi connectivity index (χ1v) is 6.31. The highest BCUT2D eigenvalue weighted by Crippen LogP contribution is 2.04. The minimum atomic E-state index is -0.418. The molecule has 0 atom stereocenters. The number of morpholine rings is 1. The van der Waals surface area contributed by atoms with Gasteiger partial charge in [0.2, 0.25) is 11.8 Å². The van der Waals surface area contributed by atoms with Crippen molar-refractivity contribution in [2.24, 2.45) is 5.73 Å². The van der Waals surface area contributed by atoms with Crippen LogP contribution in [-0.4, -0.2) is 55.1 Å². The zero-order valence-electron chi connectivity index (χ0n) is 11.6. The van der Waals surface area contributed by atoms with Gasteiger partial charge in [-0.25, -0.2) is 0 Å². The van der Waals surface area contributed by atoms with Gasteiger partial charge in [-0.2, -0.15) is 0 Å². The van der Waals surface area contributed by atoms with E-state index in [0.29, 0.717) is 32.8 Å². The molecule has 0 bridgehead atoms. The lowest BCUT2D eigenvalue weighted by atomic mass is 10.1. The summed E-state index contributed by atoms with van der Waals surface area (Å²) in [6.45, 7) is 6.49. The van der Waals surface area contributed by atoms with Gasteiger partial charge in [0, 0.05) is 38.0 Å². The summed E-state index contributed by atoms with van der Waals surface area (Å²) in [6.07, 6.45) is 0.451. The Labute approximate surface area is 120 Å². The third kappa shape index (κ3) is 6.75. The zero-order chi connectivity index (χ0) is 13.6. The van der Waals surface area contributed by atoms with Crippen LogP contribution in [0.2, 0.25) is 0 Å². The van der Waals surface area contributed by atoms with Crippen LogP contribution in [0.1, 0.15) is 26.7 Å². The average molecular weight is 294 g/mol. The molecule has 1 fully saturated rings. The minimum absolute atomic E-state index is 0. The van der Waals surface area contributed by atoms with Crippen molar-refractivity contribution in [1.29, 1.82) is 0 Å². The highest BCUT2D eigenvalue weighted by atomic mass is 35.5. The van der Waals surface area contributed by atoms with Crippen molar-refractivity contribution in [2.45, 2.75) is 32.2 Å². The monoisotopic (exact) mass is 293 g/mol. The van der Waals surface area contributed by atoms with E-state index in [1.165, 1.54) is 0 Å². The molecule has 0 unspecified atom stereocenters. The Kier molecular flexibility index (Phi) is 7.97. The van der Waals surface area contributed by atoms with Gasteiger partial charge in [-0.3, -0.25) is 9.59 Å². The molecule has 0 saturated carbocycles. The molecule has 2 amide bonds. The number of halogens is 1. The maximum atomic E-state index is 11.8. The molecule has 0 aliphatic carbocycles. The number of carbonyl (C=O) groups is 2. The molecule has 3 N–H and O–H groups in total. The number of nitrogens with one attached hydrogen (secondary N) is 1. The van der Waals surface area contributed by atoms with Crippen molar-refractivity contribution in [3.8, 4) is 0 Å². The van der Waals surface area contributed by atoms with Gasteiger partial charge in [0.05, 0.1) is 13.2 Å². The maximum Gasteiger partial charge on any atom is 0.223 e. The third-order valence-corrected chi connectivity index (χ3v) is 2.92. The van der Waals surface area contributed by atoms with Gasteiger partial charge < -0.3 is 20.7 Å². The average Bonchev–Trinajstić information content (AvgIpc) is 2.36. The van der Waals surface area contributed by atoms with Gasteiger partial charge in [-0.1, -0.05) is 0 Å². The van der Waals surface area contributed by atoms with Crippen molar-refractivity contribution in [3.63, 3.8) is 0 Å². The van der Waals surface area contributed by atoms with E-state index in [-0.39, 0.29) is 37.1 Å². The molecule has 1 aliphatic rings. The van der Waals surface area contributed by atoms with E-state index >= 15 is 0 Å². The van der Waals surface area contributed by atoms with E-state index in [2.05, 4.69) is 5.32 Å². The van der Waals surface area contributed by atoms with E-state index in [1.54, 1.807) is 4.90 Å². The Hall–Kier alpha value is -0.850. The molecule has 0 radical (unpaired) electrons. The standard InChI is InChI=1S/C12H23N3O3.ClH/c1-12(2,9-13)14-10(16)3-4-11(17)15-5-7-18-8-6-15;/h3-9,13H2,1-2H3,(H,14,16);1H. The van der Waals surface area contributed by atoms with Gasteiger partial charge in [-0.15, -0.1) is 12.4 Å². The van der Waals surface area contributed by atoms with Crippen molar-refractivity contribution in [1.82, 2.24) is 10.2 Å². The van der Waals surface area contributed by atoms with Crippen molar-refractivity contribution < 1.29 is 14.3 Å². The maximum absolute atomic E-state index is 11.8. The minimum Gasteiger partial charge on any atom is -0.378 e. The van der Waals surface area contributed by atoms with Crippen LogP contribution in [0.15, 0.2) is 0 Å². The van der Waals surface area contributed by atoms with Crippen LogP contribution in [-0.2, 0) is 14.3 Å². The summed E-state index contributed by atoms with van der Waals surface area (Å²) < 4.78 is 5.17. The van der Waals surface area contributed by atoms with E-state index in [4.69, 9.17) is 10.5 Å². The fraction of sp³-hybridized carbons (Fsp3) is 0.833. The number of ether oxygens (including phenoxy) is 1. The van der Waals surface area contributed by atoms with Crippen molar-refractivity contribution in [2.75, 3.05) is 32.8 Å². The number of rotatable bonds is 5. The quantitative estimate of drug-likeness (QED) is 0.741. The fourth-order valence-electron chi connectivity index (χ4n) is 1.68. The Balaban J connectivity index is 0.00000324. The summed E-state index contributed by atoms with van der Waals surface area (Å²) in [5.74, 6) is -0.119. The summed E-state index contributed by atoms with van der Waals surface area (Å²) in [4.78, 5) is 25.2. The Morgan fingerprint density at radius 2 is 1.84 bits per heavy atom. The van der Waals surface area contributed by atoms with E-state index in [9.17, 15) is 9.59 Å². The number of hydrogen-bond donors (Lipinski definition) is 2. The first-order chi connectivity index (χ1) is 8.44. The summed E-state index contributed by atoms with van der Waals surface area (Å²) >= 11 is 0. The molecular formula is C12H24ClN3O3. The molecule has 112 valence electrons. The van der Waals surface area contributed by atoms with Crippen LogP contribution < -0.4 is 11.1 Å². The lowest BCUT2D eigenvalue weighted by Crippen LogP contribution is -2.49. The topological polar surface area (TPSA) is 84.7 Å². The molecule has 0 aromatic heterocycles. The molecule has 7 heteroatoms. The van der Waals surface area contributed by atoms with E-state index < -0.39 is 5.54 Å². The van der Waals surface area contributed by atoms with Crippen LogP contribution in [0.4, 0.5) is 0 Å². The fourth-order valence-corrected chi connectivity index (χ4v) is 1.68. The third-order valence-electron chi connectivity index (χ3n) is 2.92. The molecule has 1 heterocycles. The van der Waals surface area contributed by atoms with Gasteiger partial charge >= 0.3 is 0 Å². The second-order valence-electron chi connectivity index (χ2n) is 5.13. The smallest absolute Gasteiger partial charge is 0.223 e. The van der Waals surface area contributed by atoms with Crippen LogP contribution in [0.25, 0.3) is 0 Å². The van der Waals surface area contributed by atoms with Crippen LogP contribution >= 0.6 is 12.4 Å². The molecule has 1 aliphatic heterocycles. The summed E-state index contributed by atoms with van der Waals surface area (Å²) in [7, 11) is 0. The Morgan fingerprint density at radius 1 is 1.26 bits per heavy atom. The molecule has 0 aromatic rings. The van der Waals surface area contributed by atoms with Crippen molar-refractivity contribution in [3.05, 3.63) is 0 Å². The number of amides is 2. The predicted octanol–water partition coefficient (Wildman–Crippen LogP) is -0.0993. The first kappa shape index (κ1) is 18.1. The van der Waals surface area contributed by atoms with Crippen LogP contribution in [0.3, 0.4) is 0 Å². The summed E-state index contributed by atoms with van der Waals surface area (Å²) in [5, 5.41) is 2.80. The second-order valence-corrected chi connectivity index (χ2v) is 5.13. The Bertz CT molecular complexity index is 305. The Morgan fingerprint density at radius 3 is 2.37 bits per heavy atom. The largest absolute Gasteiger partial charge is 0.378 e. The lowest BCUT2D eigenvalue weighted by Gasteiger charge is -2.27. The SMILES string of the molecule is CC(C)(CN)NC(=O)CCC(=O)N1CCOCC1.Cl. The lowest BCUT2D eigenvalue weighted by molar-refractivity contribution is -0.137. The molecular weight excluding hydrogens is 270 g/mol. The molecule has 1 rings (SSSR count). The second kappa shape index (κ2) is 8.35. The highest BCUT2D eigenvalue weighted by molar-refractivity contribution is 5.85. The molecule has 0 spiro atoms. The van der Waals surface area contributed by atoms with Gasteiger partial charge in [0.25, 0.3) is 0 Å². The van der Waals surface area contributed by atoms with Gasteiger partial charge in [0.15, 0.2) is 0 Å². The summed E-state index contributed by atoms with van der Waals surface area (Å²) in [5.41, 5.74) is 5.11. The van der Waals surface area contributed by atoms with Crippen molar-refractivity contribution >= 4 is 24.2 Å². The number of hydrogen-bond acceptors (Lipinski definition) is 4. The number of nitrogens with zero attached hydrogens (tertiary/aromatic N) is 1. The van der Waals surface area contributed by atoms with Crippen LogP contribution in [0.5, 0.6) is 0 Å². The summed E-state index contributed by atoms with van der Waals surface area (Å²) in [6, 6.07) is 0. The highest BCUT2D eigenvalue weighted by Gasteiger charge is 2.21. The predicted molar refractivity (Wildman–Crippen MR) is 75.2 cm³/mol. The van der Waals surface area contributed by atoms with E-state index in [0.717, 1.165) is 0 Å². The van der Waals surface area contributed by atoms with Gasteiger partial charge in [-0.05, 0) is 13.8 Å². The molecule has 1 saturated heterocycles. The molecule has 6 nitrogen and oxygen atoms in total. The molecule has 19 heavy (non-hydrogen) atoms. The normalized spacial score (nSPS) is 15.6.